The zero-order valence-corrected chi connectivity index (χ0v) is 14.1. The molecule has 3 rings (SSSR count). The van der Waals surface area contributed by atoms with Gasteiger partial charge in [0.05, 0.1) is 25.2 Å². The van der Waals surface area contributed by atoms with E-state index in [0.717, 1.165) is 57.8 Å². The number of morpholine rings is 1. The van der Waals surface area contributed by atoms with Gasteiger partial charge in [0.2, 0.25) is 5.91 Å². The molecule has 1 heterocycles. The second-order valence-corrected chi connectivity index (χ2v) is 7.04. The van der Waals surface area contributed by atoms with Crippen molar-refractivity contribution in [2.24, 2.45) is 5.41 Å². The van der Waals surface area contributed by atoms with Gasteiger partial charge in [0.15, 0.2) is 0 Å². The summed E-state index contributed by atoms with van der Waals surface area (Å²) in [5, 5.41) is 2.90. The summed E-state index contributed by atoms with van der Waals surface area (Å²) in [4.78, 5) is 14.5. The fourth-order valence-electron chi connectivity index (χ4n) is 3.19. The van der Waals surface area contributed by atoms with E-state index in [1.165, 1.54) is 6.07 Å². The molecule has 138 valence electrons. The first-order valence-electron chi connectivity index (χ1n) is 8.59. The average Bonchev–Trinajstić information content (AvgIpc) is 3.33. The lowest BCUT2D eigenvalue weighted by Gasteiger charge is -2.30. The molecule has 0 unspecified atom stereocenters. The molecule has 2 fully saturated rings. The Kier molecular flexibility index (Phi) is 5.34. The Morgan fingerprint density at radius 2 is 1.96 bits per heavy atom. The van der Waals surface area contributed by atoms with Gasteiger partial charge in [-0.15, -0.1) is 0 Å². The number of ether oxygens (including phenoxy) is 1. The highest BCUT2D eigenvalue weighted by molar-refractivity contribution is 5.78. The van der Waals surface area contributed by atoms with Crippen molar-refractivity contribution in [1.82, 2.24) is 10.2 Å². The number of nitrogens with one attached hydrogen (secondary N) is 1. The van der Waals surface area contributed by atoms with Gasteiger partial charge in [-0.2, -0.15) is 13.2 Å². The number of hydrogen-bond acceptors (Lipinski definition) is 3. The Hall–Kier alpha value is -1.60. The highest BCUT2D eigenvalue weighted by Gasteiger charge is 2.44. The lowest BCUT2D eigenvalue weighted by atomic mass is 10.1. The fraction of sp³-hybridized carbons (Fsp3) is 0.611. The van der Waals surface area contributed by atoms with Crippen LogP contribution in [-0.4, -0.2) is 50.2 Å². The van der Waals surface area contributed by atoms with Gasteiger partial charge in [0.25, 0.3) is 0 Å². The smallest absolute Gasteiger partial charge is 0.379 e. The van der Waals surface area contributed by atoms with Crippen molar-refractivity contribution in [1.29, 1.82) is 0 Å². The number of rotatable bonds is 6. The van der Waals surface area contributed by atoms with Crippen molar-refractivity contribution in [3.8, 4) is 0 Å². The zero-order valence-electron chi connectivity index (χ0n) is 14.1. The summed E-state index contributed by atoms with van der Waals surface area (Å²) in [5.74, 6) is -0.229. The van der Waals surface area contributed by atoms with Gasteiger partial charge in [-0.3, -0.25) is 9.69 Å². The lowest BCUT2D eigenvalue weighted by Crippen LogP contribution is -2.43. The number of alkyl halides is 3. The highest BCUT2D eigenvalue weighted by Crippen LogP contribution is 2.45. The molecule has 0 bridgehead atoms. The predicted octanol–water partition coefficient (Wildman–Crippen LogP) is 2.48. The van der Waals surface area contributed by atoms with Crippen molar-refractivity contribution in [2.45, 2.75) is 25.4 Å². The van der Waals surface area contributed by atoms with Crippen LogP contribution in [-0.2, 0) is 22.1 Å². The third kappa shape index (κ3) is 5.19. The summed E-state index contributed by atoms with van der Waals surface area (Å²) in [6.45, 7) is 4.86. The van der Waals surface area contributed by atoms with E-state index in [2.05, 4.69) is 10.2 Å². The first-order valence-corrected chi connectivity index (χ1v) is 8.59. The van der Waals surface area contributed by atoms with Crippen molar-refractivity contribution < 1.29 is 22.7 Å². The molecule has 2 aliphatic rings. The standard InChI is InChI=1S/C18H23F3N2O2/c19-18(20,21)15-3-1-2-14(10-15)11-16(24)22-12-17(4-5-17)13-23-6-8-25-9-7-23/h1-3,10H,4-9,11-13H2,(H,22,24). The van der Waals surface area contributed by atoms with E-state index < -0.39 is 11.7 Å². The Balaban J connectivity index is 1.48. The molecule has 0 spiro atoms. The molecule has 25 heavy (non-hydrogen) atoms. The number of carbonyl (C=O) groups is 1. The molecule has 4 nitrogen and oxygen atoms in total. The van der Waals surface area contributed by atoms with Crippen LogP contribution in [0.2, 0.25) is 0 Å². The number of benzene rings is 1. The molecular formula is C18H23F3N2O2. The normalized spacial score (nSPS) is 20.3. The van der Waals surface area contributed by atoms with Crippen LogP contribution in [0.3, 0.4) is 0 Å². The molecule has 1 saturated heterocycles. The molecule has 1 aromatic rings. The summed E-state index contributed by atoms with van der Waals surface area (Å²) in [7, 11) is 0. The van der Waals surface area contributed by atoms with Crippen LogP contribution in [0.25, 0.3) is 0 Å². The predicted molar refractivity (Wildman–Crippen MR) is 87.1 cm³/mol. The van der Waals surface area contributed by atoms with E-state index in [4.69, 9.17) is 4.74 Å². The molecule has 1 aliphatic carbocycles. The number of hydrogen-bond donors (Lipinski definition) is 1. The van der Waals surface area contributed by atoms with Crippen molar-refractivity contribution in [3.05, 3.63) is 35.4 Å². The monoisotopic (exact) mass is 356 g/mol. The third-order valence-electron chi connectivity index (χ3n) is 4.90. The van der Waals surface area contributed by atoms with E-state index in [1.54, 1.807) is 6.07 Å². The quantitative estimate of drug-likeness (QED) is 0.851. The van der Waals surface area contributed by atoms with Crippen LogP contribution in [0, 0.1) is 5.41 Å². The first kappa shape index (κ1) is 18.2. The maximum Gasteiger partial charge on any atom is 0.416 e. The molecule has 0 atom stereocenters. The molecule has 1 amide bonds. The Bertz CT molecular complexity index is 609. The van der Waals surface area contributed by atoms with E-state index in [-0.39, 0.29) is 17.7 Å². The molecule has 1 N–H and O–H groups in total. The summed E-state index contributed by atoms with van der Waals surface area (Å²) >= 11 is 0. The maximum atomic E-state index is 12.7. The number of carbonyl (C=O) groups excluding carboxylic acids is 1. The Morgan fingerprint density at radius 1 is 1.24 bits per heavy atom. The molecule has 1 aliphatic heterocycles. The summed E-state index contributed by atoms with van der Waals surface area (Å²) in [5.41, 5.74) is -0.213. The number of amides is 1. The van der Waals surface area contributed by atoms with Gasteiger partial charge in [0.1, 0.15) is 0 Å². The average molecular weight is 356 g/mol. The second-order valence-electron chi connectivity index (χ2n) is 7.04. The number of nitrogens with zero attached hydrogens (tertiary/aromatic N) is 1. The van der Waals surface area contributed by atoms with E-state index in [0.29, 0.717) is 12.1 Å². The largest absolute Gasteiger partial charge is 0.416 e. The van der Waals surface area contributed by atoms with Crippen molar-refractivity contribution >= 4 is 5.91 Å². The van der Waals surface area contributed by atoms with Crippen molar-refractivity contribution in [2.75, 3.05) is 39.4 Å². The highest BCUT2D eigenvalue weighted by atomic mass is 19.4. The number of halogens is 3. The van der Waals surface area contributed by atoms with Gasteiger partial charge in [-0.1, -0.05) is 18.2 Å². The van der Waals surface area contributed by atoms with Crippen LogP contribution >= 0.6 is 0 Å². The molecule has 1 aromatic carbocycles. The third-order valence-corrected chi connectivity index (χ3v) is 4.90. The van der Waals surface area contributed by atoms with Crippen LogP contribution in [0.15, 0.2) is 24.3 Å². The minimum atomic E-state index is -4.39. The zero-order chi connectivity index (χ0) is 17.9. The van der Waals surface area contributed by atoms with Crippen LogP contribution in [0.4, 0.5) is 13.2 Å². The van der Waals surface area contributed by atoms with Gasteiger partial charge in [0, 0.05) is 31.6 Å². The molecule has 7 heteroatoms. The van der Waals surface area contributed by atoms with Crippen molar-refractivity contribution in [3.63, 3.8) is 0 Å². The molecule has 0 aromatic heterocycles. The van der Waals surface area contributed by atoms with Crippen LogP contribution < -0.4 is 5.32 Å². The van der Waals surface area contributed by atoms with Gasteiger partial charge in [-0.05, 0) is 24.5 Å². The molecule has 1 saturated carbocycles. The second kappa shape index (κ2) is 7.33. The van der Waals surface area contributed by atoms with Gasteiger partial charge >= 0.3 is 6.18 Å². The maximum absolute atomic E-state index is 12.7. The Morgan fingerprint density at radius 3 is 2.60 bits per heavy atom. The van der Waals surface area contributed by atoms with Gasteiger partial charge < -0.3 is 10.1 Å². The minimum absolute atomic E-state index is 0.0302. The fourth-order valence-corrected chi connectivity index (χ4v) is 3.19. The van der Waals surface area contributed by atoms with Crippen LogP contribution in [0.5, 0.6) is 0 Å². The van der Waals surface area contributed by atoms with Crippen LogP contribution in [0.1, 0.15) is 24.0 Å². The summed E-state index contributed by atoms with van der Waals surface area (Å²) in [6, 6.07) is 4.95. The topological polar surface area (TPSA) is 41.6 Å². The van der Waals surface area contributed by atoms with E-state index in [1.807, 2.05) is 0 Å². The molecular weight excluding hydrogens is 333 g/mol. The summed E-state index contributed by atoms with van der Waals surface area (Å²) < 4.78 is 43.5. The Labute approximate surface area is 145 Å². The van der Waals surface area contributed by atoms with E-state index >= 15 is 0 Å². The summed E-state index contributed by atoms with van der Waals surface area (Å²) in [6.07, 6.45) is -2.26. The minimum Gasteiger partial charge on any atom is -0.379 e. The van der Waals surface area contributed by atoms with Gasteiger partial charge in [-0.25, -0.2) is 0 Å². The van der Waals surface area contributed by atoms with E-state index in [9.17, 15) is 18.0 Å². The molecule has 0 radical (unpaired) electrons. The first-order chi connectivity index (χ1) is 11.9. The lowest BCUT2D eigenvalue weighted by molar-refractivity contribution is -0.137. The SMILES string of the molecule is O=C(Cc1cccc(C(F)(F)F)c1)NCC1(CN2CCOCC2)CC1.